The summed E-state index contributed by atoms with van der Waals surface area (Å²) in [6, 6.07) is 0.0189. The molecule has 0 aromatic carbocycles. The lowest BCUT2D eigenvalue weighted by Crippen LogP contribution is -2.50. The number of hydrogen-bond acceptors (Lipinski definition) is 6. The molecule has 1 spiro atoms. The zero-order chi connectivity index (χ0) is 26.5. The maximum absolute atomic E-state index is 12.2. The standard InChI is InChI=1S/C29H45NO6/c1-18(2)8-13-27(31)30-24-14-20(4)25(35-22(24)6)11-9-19(3)10-12-26-21(5)29(17-34-29)16-23(36-26)15-28(32)33-7/h8-10,12-13,18,20-26H,11,14-17H2,1-7H3,(H,30,31)/b12-10+,13-8-,19-9+/t20-,21+,22+,23+,24+,25-,26+,29+/m0/s1. The summed E-state index contributed by atoms with van der Waals surface area (Å²) in [7, 11) is 1.40. The Balaban J connectivity index is 1.52. The van der Waals surface area contributed by atoms with Crippen molar-refractivity contribution in [2.75, 3.05) is 13.7 Å². The summed E-state index contributed by atoms with van der Waals surface area (Å²) in [5.41, 5.74) is 0.964. The van der Waals surface area contributed by atoms with E-state index in [2.05, 4.69) is 58.2 Å². The Hall–Kier alpha value is -1.96. The highest BCUT2D eigenvalue weighted by Gasteiger charge is 2.56. The van der Waals surface area contributed by atoms with Gasteiger partial charge in [0.1, 0.15) is 0 Å². The smallest absolute Gasteiger partial charge is 0.308 e. The summed E-state index contributed by atoms with van der Waals surface area (Å²) in [5.74, 6) is 0.595. The van der Waals surface area contributed by atoms with Gasteiger partial charge in [-0.2, -0.15) is 0 Å². The molecule has 7 heteroatoms. The van der Waals surface area contributed by atoms with Gasteiger partial charge in [-0.3, -0.25) is 9.59 Å². The fourth-order valence-electron chi connectivity index (χ4n) is 5.17. The molecule has 0 radical (unpaired) electrons. The fourth-order valence-corrected chi connectivity index (χ4v) is 5.17. The van der Waals surface area contributed by atoms with E-state index in [0.717, 1.165) is 31.4 Å². The number of nitrogens with one attached hydrogen (secondary N) is 1. The average Bonchev–Trinajstić information content (AvgIpc) is 3.60. The lowest BCUT2D eigenvalue weighted by molar-refractivity contribution is -0.149. The van der Waals surface area contributed by atoms with Gasteiger partial charge in [-0.1, -0.05) is 57.6 Å². The van der Waals surface area contributed by atoms with E-state index < -0.39 is 0 Å². The molecular formula is C29H45NO6. The maximum Gasteiger partial charge on any atom is 0.308 e. The monoisotopic (exact) mass is 503 g/mol. The second kappa shape index (κ2) is 12.5. The lowest BCUT2D eigenvalue weighted by atomic mass is 9.81. The van der Waals surface area contributed by atoms with Gasteiger partial charge < -0.3 is 24.3 Å². The van der Waals surface area contributed by atoms with Crippen molar-refractivity contribution in [3.8, 4) is 0 Å². The SMILES string of the molecule is COC(=O)C[C@@H]1C[C@@]2(CO2)[C@H](C)[C@@H](/C=C/C(C)=C/C[C@@H]2O[C@H](C)[C@H](NC(=O)/C=C\C(C)C)C[C@@H]2C)O1. The van der Waals surface area contributed by atoms with E-state index in [9.17, 15) is 9.59 Å². The summed E-state index contributed by atoms with van der Waals surface area (Å²) in [6.45, 7) is 13.3. The highest BCUT2D eigenvalue weighted by atomic mass is 16.6. The number of carbonyl (C=O) groups excluding carboxylic acids is 2. The third kappa shape index (κ3) is 7.77. The summed E-state index contributed by atoms with van der Waals surface area (Å²) in [4.78, 5) is 24.0. The Morgan fingerprint density at radius 1 is 1.17 bits per heavy atom. The van der Waals surface area contributed by atoms with Crippen LogP contribution in [0.5, 0.6) is 0 Å². The molecule has 8 atom stereocenters. The van der Waals surface area contributed by atoms with Crippen LogP contribution in [-0.2, 0) is 28.5 Å². The molecule has 1 N–H and O–H groups in total. The largest absolute Gasteiger partial charge is 0.469 e. The first kappa shape index (κ1) is 28.6. The van der Waals surface area contributed by atoms with Crippen molar-refractivity contribution in [3.63, 3.8) is 0 Å². The van der Waals surface area contributed by atoms with Crippen LogP contribution in [0.25, 0.3) is 0 Å². The van der Waals surface area contributed by atoms with E-state index in [-0.39, 0.29) is 60.3 Å². The lowest BCUT2D eigenvalue weighted by Gasteiger charge is -2.39. The van der Waals surface area contributed by atoms with Gasteiger partial charge in [-0.15, -0.1) is 0 Å². The normalized spacial score (nSPS) is 37.1. The van der Waals surface area contributed by atoms with E-state index in [4.69, 9.17) is 18.9 Å². The van der Waals surface area contributed by atoms with Crippen LogP contribution in [0.2, 0.25) is 0 Å². The second-order valence-electron chi connectivity index (χ2n) is 11.2. The van der Waals surface area contributed by atoms with Gasteiger partial charge in [0.15, 0.2) is 0 Å². The Bertz CT molecular complexity index is 858. The quantitative estimate of drug-likeness (QED) is 0.216. The highest BCUT2D eigenvalue weighted by Crippen LogP contribution is 2.47. The first-order valence-corrected chi connectivity index (χ1v) is 13.4. The fraction of sp³-hybridized carbons (Fsp3) is 0.724. The van der Waals surface area contributed by atoms with E-state index in [1.54, 1.807) is 6.08 Å². The van der Waals surface area contributed by atoms with Crippen LogP contribution in [0.3, 0.4) is 0 Å². The summed E-state index contributed by atoms with van der Waals surface area (Å²) < 4.78 is 23.2. The molecule has 3 saturated heterocycles. The Morgan fingerprint density at radius 2 is 1.89 bits per heavy atom. The van der Waals surface area contributed by atoms with E-state index in [0.29, 0.717) is 11.8 Å². The van der Waals surface area contributed by atoms with Gasteiger partial charge in [0.25, 0.3) is 0 Å². The van der Waals surface area contributed by atoms with Crippen molar-refractivity contribution < 1.29 is 28.5 Å². The number of amides is 1. The average molecular weight is 504 g/mol. The number of rotatable bonds is 9. The van der Waals surface area contributed by atoms with Gasteiger partial charge in [0.05, 0.1) is 56.2 Å². The van der Waals surface area contributed by atoms with Crippen LogP contribution >= 0.6 is 0 Å². The summed E-state index contributed by atoms with van der Waals surface area (Å²) >= 11 is 0. The molecule has 3 rings (SSSR count). The first-order valence-electron chi connectivity index (χ1n) is 13.4. The van der Waals surface area contributed by atoms with E-state index in [1.807, 2.05) is 13.0 Å². The third-order valence-electron chi connectivity index (χ3n) is 7.78. The van der Waals surface area contributed by atoms with E-state index >= 15 is 0 Å². The van der Waals surface area contributed by atoms with Crippen molar-refractivity contribution >= 4 is 11.9 Å². The second-order valence-corrected chi connectivity index (χ2v) is 11.2. The maximum atomic E-state index is 12.2. The molecule has 1 amide bonds. The molecule has 0 saturated carbocycles. The molecule has 0 unspecified atom stereocenters. The minimum Gasteiger partial charge on any atom is -0.469 e. The van der Waals surface area contributed by atoms with Crippen molar-refractivity contribution in [2.45, 2.75) is 103 Å². The van der Waals surface area contributed by atoms with Crippen molar-refractivity contribution in [1.82, 2.24) is 5.32 Å². The minimum atomic E-state index is -0.256. The zero-order valence-corrected chi connectivity index (χ0v) is 23.0. The van der Waals surface area contributed by atoms with Gasteiger partial charge in [-0.25, -0.2) is 0 Å². The first-order chi connectivity index (χ1) is 17.0. The van der Waals surface area contributed by atoms with Crippen molar-refractivity contribution in [3.05, 3.63) is 36.0 Å². The van der Waals surface area contributed by atoms with Crippen LogP contribution in [-0.4, -0.2) is 61.7 Å². The van der Waals surface area contributed by atoms with Crippen molar-refractivity contribution in [1.29, 1.82) is 0 Å². The van der Waals surface area contributed by atoms with Gasteiger partial charge in [-0.05, 0) is 44.6 Å². The molecule has 0 bridgehead atoms. The zero-order valence-electron chi connectivity index (χ0n) is 23.0. The van der Waals surface area contributed by atoms with Crippen LogP contribution in [0, 0.1) is 17.8 Å². The van der Waals surface area contributed by atoms with Gasteiger partial charge in [0.2, 0.25) is 5.91 Å². The van der Waals surface area contributed by atoms with Crippen LogP contribution in [0.4, 0.5) is 0 Å². The predicted molar refractivity (Wildman–Crippen MR) is 139 cm³/mol. The molecule has 0 aromatic heterocycles. The number of allylic oxidation sites excluding steroid dienone is 3. The van der Waals surface area contributed by atoms with E-state index in [1.165, 1.54) is 7.11 Å². The van der Waals surface area contributed by atoms with Gasteiger partial charge in [0, 0.05) is 12.3 Å². The number of ether oxygens (including phenoxy) is 4. The molecule has 3 aliphatic heterocycles. The summed E-state index contributed by atoms with van der Waals surface area (Å²) in [6.07, 6.45) is 12.4. The Labute approximate surface area is 216 Å². The number of esters is 1. The molecule has 36 heavy (non-hydrogen) atoms. The number of hydrogen-bond donors (Lipinski definition) is 1. The molecule has 0 aromatic rings. The topological polar surface area (TPSA) is 86.4 Å². The molecule has 7 nitrogen and oxygen atoms in total. The molecular weight excluding hydrogens is 458 g/mol. The number of methoxy groups -OCH3 is 1. The Kier molecular flexibility index (Phi) is 9.95. The highest BCUT2D eigenvalue weighted by molar-refractivity contribution is 5.87. The molecule has 3 heterocycles. The van der Waals surface area contributed by atoms with Crippen LogP contribution < -0.4 is 5.32 Å². The molecule has 3 aliphatic rings. The minimum absolute atomic E-state index is 0.0189. The van der Waals surface area contributed by atoms with Gasteiger partial charge >= 0.3 is 5.97 Å². The van der Waals surface area contributed by atoms with Crippen LogP contribution in [0.1, 0.15) is 67.2 Å². The summed E-state index contributed by atoms with van der Waals surface area (Å²) in [5, 5.41) is 3.10. The number of carbonyl (C=O) groups is 2. The molecule has 202 valence electrons. The van der Waals surface area contributed by atoms with Crippen LogP contribution in [0.15, 0.2) is 36.0 Å². The van der Waals surface area contributed by atoms with Crippen molar-refractivity contribution in [2.24, 2.45) is 17.8 Å². The predicted octanol–water partition coefficient (Wildman–Crippen LogP) is 4.52. The number of epoxide rings is 1. The Morgan fingerprint density at radius 3 is 2.53 bits per heavy atom. The third-order valence-corrected chi connectivity index (χ3v) is 7.78. The molecule has 3 fully saturated rings. The molecule has 0 aliphatic carbocycles.